The predicted molar refractivity (Wildman–Crippen MR) is 112 cm³/mol. The molecular formula is C20H17IN2O5. The van der Waals surface area contributed by atoms with Gasteiger partial charge in [0.15, 0.2) is 6.61 Å². The molecule has 2 rings (SSSR count). The van der Waals surface area contributed by atoms with Crippen molar-refractivity contribution in [2.24, 2.45) is 0 Å². The van der Waals surface area contributed by atoms with E-state index in [1.54, 1.807) is 25.1 Å². The molecule has 0 saturated carbocycles. The number of nitriles is 1. The summed E-state index contributed by atoms with van der Waals surface area (Å²) in [7, 11) is 0. The number of carbonyl (C=O) groups is 2. The van der Waals surface area contributed by atoms with Crippen molar-refractivity contribution in [3.05, 3.63) is 57.2 Å². The molecule has 144 valence electrons. The summed E-state index contributed by atoms with van der Waals surface area (Å²) >= 11 is 2.04. The Hall–Kier alpha value is -3.06. The number of phenols is 1. The Bertz CT molecular complexity index is 933. The summed E-state index contributed by atoms with van der Waals surface area (Å²) in [6.07, 6.45) is 1.45. The fourth-order valence-electron chi connectivity index (χ4n) is 2.12. The third-order valence-corrected chi connectivity index (χ3v) is 4.25. The first-order valence-electron chi connectivity index (χ1n) is 8.23. The molecule has 28 heavy (non-hydrogen) atoms. The van der Waals surface area contributed by atoms with E-state index < -0.39 is 11.9 Å². The normalized spacial score (nSPS) is 10.7. The third-order valence-electron chi connectivity index (χ3n) is 3.41. The van der Waals surface area contributed by atoms with Gasteiger partial charge >= 0.3 is 5.97 Å². The average molecular weight is 492 g/mol. The van der Waals surface area contributed by atoms with E-state index in [1.807, 2.05) is 28.7 Å². The van der Waals surface area contributed by atoms with Crippen molar-refractivity contribution in [2.45, 2.75) is 6.92 Å². The molecule has 1 amide bonds. The molecule has 2 aromatic rings. The maximum absolute atomic E-state index is 12.3. The van der Waals surface area contributed by atoms with Gasteiger partial charge < -0.3 is 19.9 Å². The van der Waals surface area contributed by atoms with E-state index in [9.17, 15) is 20.0 Å². The number of anilines is 1. The van der Waals surface area contributed by atoms with Gasteiger partial charge in [0, 0.05) is 5.69 Å². The number of phenolic OH excluding ortho intramolecular Hbond substituents is 1. The molecule has 0 aliphatic rings. The van der Waals surface area contributed by atoms with Crippen LogP contribution in [0.25, 0.3) is 6.08 Å². The highest BCUT2D eigenvalue weighted by molar-refractivity contribution is 14.1. The number of esters is 1. The molecule has 0 spiro atoms. The van der Waals surface area contributed by atoms with Crippen molar-refractivity contribution < 1.29 is 24.2 Å². The van der Waals surface area contributed by atoms with E-state index in [1.165, 1.54) is 30.3 Å². The number of amides is 1. The zero-order valence-corrected chi connectivity index (χ0v) is 17.1. The fourth-order valence-corrected chi connectivity index (χ4v) is 2.82. The molecular weight excluding hydrogens is 475 g/mol. The summed E-state index contributed by atoms with van der Waals surface area (Å²) in [6, 6.07) is 12.9. The highest BCUT2D eigenvalue weighted by Crippen LogP contribution is 2.23. The fraction of sp³-hybridized carbons (Fsp3) is 0.150. The van der Waals surface area contributed by atoms with E-state index in [0.29, 0.717) is 20.6 Å². The van der Waals surface area contributed by atoms with Gasteiger partial charge in [-0.15, -0.1) is 0 Å². The number of ether oxygens (including phenoxy) is 2. The molecule has 0 atom stereocenters. The van der Waals surface area contributed by atoms with Gasteiger partial charge in [-0.2, -0.15) is 5.26 Å². The van der Waals surface area contributed by atoms with Crippen LogP contribution in [0, 0.1) is 14.9 Å². The maximum atomic E-state index is 12.3. The van der Waals surface area contributed by atoms with Gasteiger partial charge in [0.25, 0.3) is 5.91 Å². The molecule has 0 saturated heterocycles. The summed E-state index contributed by atoms with van der Waals surface area (Å²) < 4.78 is 10.9. The van der Waals surface area contributed by atoms with Crippen LogP contribution in [0.4, 0.5) is 5.69 Å². The number of carbonyl (C=O) groups excluding carboxylic acids is 2. The first-order valence-corrected chi connectivity index (χ1v) is 9.31. The van der Waals surface area contributed by atoms with E-state index in [-0.39, 0.29) is 24.5 Å². The molecule has 0 unspecified atom stereocenters. The van der Waals surface area contributed by atoms with Crippen LogP contribution in [-0.4, -0.2) is 30.2 Å². The van der Waals surface area contributed by atoms with Crippen LogP contribution in [0.3, 0.4) is 0 Å². The van der Waals surface area contributed by atoms with Crippen LogP contribution in [0.5, 0.6) is 11.5 Å². The maximum Gasteiger partial charge on any atom is 0.344 e. The molecule has 0 heterocycles. The second-order valence-electron chi connectivity index (χ2n) is 5.45. The van der Waals surface area contributed by atoms with Crippen molar-refractivity contribution in [1.29, 1.82) is 5.26 Å². The SMILES string of the molecule is CCOC(=O)COc1ccc(/C=C(\C#N)C(=O)Nc2ccc(O)cc2)cc1I. The number of aromatic hydroxyl groups is 1. The Morgan fingerprint density at radius 2 is 1.96 bits per heavy atom. The molecule has 2 aromatic carbocycles. The number of halogens is 1. The minimum atomic E-state index is -0.564. The number of hydrogen-bond acceptors (Lipinski definition) is 6. The lowest BCUT2D eigenvalue weighted by molar-refractivity contribution is -0.145. The molecule has 0 aliphatic heterocycles. The van der Waals surface area contributed by atoms with E-state index >= 15 is 0 Å². The largest absolute Gasteiger partial charge is 0.508 e. The summed E-state index contributed by atoms with van der Waals surface area (Å²) in [5, 5.41) is 21.2. The lowest BCUT2D eigenvalue weighted by atomic mass is 10.1. The second-order valence-corrected chi connectivity index (χ2v) is 6.62. The summed E-state index contributed by atoms with van der Waals surface area (Å²) in [4.78, 5) is 23.7. The van der Waals surface area contributed by atoms with Gasteiger partial charge in [0.1, 0.15) is 23.1 Å². The number of rotatable bonds is 7. The summed E-state index contributed by atoms with van der Waals surface area (Å²) in [6.45, 7) is 1.80. The Balaban J connectivity index is 2.09. The lowest BCUT2D eigenvalue weighted by Crippen LogP contribution is -2.15. The van der Waals surface area contributed by atoms with Gasteiger partial charge in [0.05, 0.1) is 10.2 Å². The molecule has 0 aromatic heterocycles. The Morgan fingerprint density at radius 1 is 1.25 bits per heavy atom. The molecule has 0 aliphatic carbocycles. The van der Waals surface area contributed by atoms with Crippen molar-refractivity contribution in [1.82, 2.24) is 0 Å². The first kappa shape index (κ1) is 21.2. The first-order chi connectivity index (χ1) is 13.4. The van der Waals surface area contributed by atoms with E-state index in [4.69, 9.17) is 9.47 Å². The Labute approximate surface area is 175 Å². The summed E-state index contributed by atoms with van der Waals surface area (Å²) in [5.74, 6) is -0.447. The number of benzene rings is 2. The van der Waals surface area contributed by atoms with Gasteiger partial charge in [-0.1, -0.05) is 6.07 Å². The van der Waals surface area contributed by atoms with Gasteiger partial charge in [-0.25, -0.2) is 4.79 Å². The minimum Gasteiger partial charge on any atom is -0.508 e. The molecule has 0 radical (unpaired) electrons. The van der Waals surface area contributed by atoms with Crippen LogP contribution in [0.15, 0.2) is 48.0 Å². The average Bonchev–Trinajstić information content (AvgIpc) is 2.67. The zero-order chi connectivity index (χ0) is 20.5. The van der Waals surface area contributed by atoms with Crippen LogP contribution >= 0.6 is 22.6 Å². The van der Waals surface area contributed by atoms with Crippen molar-refractivity contribution in [3.8, 4) is 17.6 Å². The third kappa shape index (κ3) is 6.28. The zero-order valence-electron chi connectivity index (χ0n) is 14.9. The van der Waals surface area contributed by atoms with E-state index in [2.05, 4.69) is 5.32 Å². The lowest BCUT2D eigenvalue weighted by Gasteiger charge is -2.08. The highest BCUT2D eigenvalue weighted by Gasteiger charge is 2.11. The molecule has 2 N–H and O–H groups in total. The quantitative estimate of drug-likeness (QED) is 0.202. The number of hydrogen-bond donors (Lipinski definition) is 2. The van der Waals surface area contributed by atoms with Crippen molar-refractivity contribution in [3.63, 3.8) is 0 Å². The Morgan fingerprint density at radius 3 is 2.57 bits per heavy atom. The highest BCUT2D eigenvalue weighted by atomic mass is 127. The smallest absolute Gasteiger partial charge is 0.344 e. The van der Waals surface area contributed by atoms with Gasteiger partial charge in [-0.05, 0) is 77.6 Å². The van der Waals surface area contributed by atoms with Crippen molar-refractivity contribution in [2.75, 3.05) is 18.5 Å². The second kappa shape index (κ2) is 10.3. The van der Waals surface area contributed by atoms with Gasteiger partial charge in [0.2, 0.25) is 0 Å². The molecule has 8 heteroatoms. The van der Waals surface area contributed by atoms with Crippen LogP contribution < -0.4 is 10.1 Å². The molecule has 7 nitrogen and oxygen atoms in total. The van der Waals surface area contributed by atoms with Crippen LogP contribution in [0.2, 0.25) is 0 Å². The standard InChI is InChI=1S/C20H17IN2O5/c1-2-27-19(25)12-28-18-8-3-13(10-17(18)21)9-14(11-22)20(26)23-15-4-6-16(24)7-5-15/h3-10,24H,2,12H2,1H3,(H,23,26)/b14-9+. The molecule has 0 bridgehead atoms. The van der Waals surface area contributed by atoms with Gasteiger partial charge in [-0.3, -0.25) is 4.79 Å². The Kier molecular flexibility index (Phi) is 7.83. The molecule has 0 fully saturated rings. The number of nitrogens with zero attached hydrogens (tertiary/aromatic N) is 1. The summed E-state index contributed by atoms with van der Waals surface area (Å²) in [5.41, 5.74) is 1.01. The van der Waals surface area contributed by atoms with Crippen molar-refractivity contribution >= 4 is 46.2 Å². The topological polar surface area (TPSA) is 109 Å². The van der Waals surface area contributed by atoms with E-state index in [0.717, 1.165) is 0 Å². The van der Waals surface area contributed by atoms with Crippen LogP contribution in [-0.2, 0) is 14.3 Å². The minimum absolute atomic E-state index is 0.0777. The number of nitrogens with one attached hydrogen (secondary N) is 1. The van der Waals surface area contributed by atoms with Crippen LogP contribution in [0.1, 0.15) is 12.5 Å². The monoisotopic (exact) mass is 492 g/mol. The predicted octanol–water partition coefficient (Wildman–Crippen LogP) is 3.48.